The van der Waals surface area contributed by atoms with Crippen molar-refractivity contribution in [3.05, 3.63) is 59.7 Å². The summed E-state index contributed by atoms with van der Waals surface area (Å²) in [5.41, 5.74) is 2.24. The fourth-order valence-electron chi connectivity index (χ4n) is 2.14. The Morgan fingerprint density at radius 2 is 1.43 bits per heavy atom. The molecule has 0 atom stereocenters. The number of benzene rings is 2. The highest BCUT2D eigenvalue weighted by Crippen LogP contribution is 2.34. The average Bonchev–Trinajstić information content (AvgIpc) is 2.55. The largest absolute Gasteiger partial charge is 0.496 e. The number of allylic oxidation sites excluding steroid dienone is 1. The van der Waals surface area contributed by atoms with Gasteiger partial charge in [0.05, 0.1) is 21.3 Å². The summed E-state index contributed by atoms with van der Waals surface area (Å²) in [6, 6.07) is 14.0. The van der Waals surface area contributed by atoms with Crippen molar-refractivity contribution in [1.82, 2.24) is 0 Å². The molecule has 2 rings (SSSR count). The molecule has 0 saturated heterocycles. The summed E-state index contributed by atoms with van der Waals surface area (Å²) in [6.45, 7) is 0. The third kappa shape index (κ3) is 3.78. The number of ether oxygens (including phenoxy) is 3. The molecule has 3 heteroatoms. The van der Waals surface area contributed by atoms with Crippen LogP contribution in [0.5, 0.6) is 17.2 Å². The molecule has 2 aromatic carbocycles. The minimum absolute atomic E-state index is 0.671. The van der Waals surface area contributed by atoms with Crippen molar-refractivity contribution < 1.29 is 14.2 Å². The van der Waals surface area contributed by atoms with Crippen molar-refractivity contribution in [2.75, 3.05) is 21.3 Å². The van der Waals surface area contributed by atoms with Crippen molar-refractivity contribution >= 4 is 6.08 Å². The smallest absolute Gasteiger partial charge is 0.164 e. The molecule has 0 spiro atoms. The predicted molar refractivity (Wildman–Crippen MR) is 85.3 cm³/mol. The van der Waals surface area contributed by atoms with Crippen molar-refractivity contribution in [1.29, 1.82) is 0 Å². The second-order valence-electron chi connectivity index (χ2n) is 4.54. The Morgan fingerprint density at radius 3 is 2.05 bits per heavy atom. The Kier molecular flexibility index (Phi) is 5.27. The summed E-state index contributed by atoms with van der Waals surface area (Å²) in [7, 11) is 4.91. The van der Waals surface area contributed by atoms with E-state index in [9.17, 15) is 0 Å². The van der Waals surface area contributed by atoms with Gasteiger partial charge in [-0.2, -0.15) is 0 Å². The van der Waals surface area contributed by atoms with E-state index in [0.717, 1.165) is 17.7 Å². The lowest BCUT2D eigenvalue weighted by atomic mass is 10.1. The van der Waals surface area contributed by atoms with Crippen LogP contribution < -0.4 is 14.2 Å². The van der Waals surface area contributed by atoms with Gasteiger partial charge in [0.2, 0.25) is 0 Å². The fraction of sp³-hybridized carbons (Fsp3) is 0.222. The van der Waals surface area contributed by atoms with Crippen LogP contribution in [-0.4, -0.2) is 21.3 Å². The Labute approximate surface area is 125 Å². The summed E-state index contributed by atoms with van der Waals surface area (Å²) >= 11 is 0. The molecule has 0 N–H and O–H groups in total. The van der Waals surface area contributed by atoms with Crippen LogP contribution in [0.2, 0.25) is 0 Å². The molecule has 0 aliphatic rings. The van der Waals surface area contributed by atoms with Crippen LogP contribution in [0.15, 0.2) is 48.5 Å². The molecule has 2 aromatic rings. The minimum Gasteiger partial charge on any atom is -0.496 e. The molecule has 0 saturated carbocycles. The summed E-state index contributed by atoms with van der Waals surface area (Å²) in [4.78, 5) is 0. The number of hydrogen-bond acceptors (Lipinski definition) is 3. The van der Waals surface area contributed by atoms with Gasteiger partial charge in [0.15, 0.2) is 11.5 Å². The quantitative estimate of drug-likeness (QED) is 0.803. The van der Waals surface area contributed by atoms with E-state index in [0.29, 0.717) is 11.5 Å². The Balaban J connectivity index is 2.21. The van der Waals surface area contributed by atoms with Gasteiger partial charge in [-0.3, -0.25) is 0 Å². The van der Waals surface area contributed by atoms with Crippen LogP contribution in [-0.2, 0) is 6.42 Å². The highest BCUT2D eigenvalue weighted by molar-refractivity contribution is 5.53. The predicted octanol–water partition coefficient (Wildman–Crippen LogP) is 3.97. The van der Waals surface area contributed by atoms with Gasteiger partial charge in [-0.15, -0.1) is 0 Å². The maximum atomic E-state index is 5.42. The van der Waals surface area contributed by atoms with Gasteiger partial charge in [-0.1, -0.05) is 42.5 Å². The summed E-state index contributed by atoms with van der Waals surface area (Å²) in [6.07, 6.45) is 4.97. The second-order valence-corrected chi connectivity index (χ2v) is 4.54. The molecule has 0 bridgehead atoms. The standard InChI is InChI=1S/C18H20O3/c1-19-16-13-18(21-3)17(20-2)12-15(16)11-7-10-14-8-5-4-6-9-14/h4-10,12-13H,11H2,1-3H3. The Bertz CT molecular complexity index is 603. The monoisotopic (exact) mass is 284 g/mol. The zero-order valence-electron chi connectivity index (χ0n) is 12.6. The van der Waals surface area contributed by atoms with E-state index in [2.05, 4.69) is 24.3 Å². The molecule has 0 aliphatic heterocycles. The van der Waals surface area contributed by atoms with Gasteiger partial charge in [0.1, 0.15) is 5.75 Å². The number of rotatable bonds is 6. The SMILES string of the molecule is COc1cc(OC)c(OC)cc1CC=Cc1ccccc1. The van der Waals surface area contributed by atoms with Crippen LogP contribution in [0.25, 0.3) is 6.08 Å². The minimum atomic E-state index is 0.671. The molecule has 0 aromatic heterocycles. The maximum Gasteiger partial charge on any atom is 0.164 e. The van der Waals surface area contributed by atoms with Crippen LogP contribution in [0.1, 0.15) is 11.1 Å². The van der Waals surface area contributed by atoms with E-state index in [1.807, 2.05) is 30.3 Å². The van der Waals surface area contributed by atoms with E-state index in [1.165, 1.54) is 5.56 Å². The first-order chi connectivity index (χ1) is 10.3. The normalized spacial score (nSPS) is 10.6. The number of methoxy groups -OCH3 is 3. The molecule has 3 nitrogen and oxygen atoms in total. The second kappa shape index (κ2) is 7.39. The molecular formula is C18H20O3. The summed E-state index contributed by atoms with van der Waals surface area (Å²) in [5.74, 6) is 2.18. The maximum absolute atomic E-state index is 5.42. The van der Waals surface area contributed by atoms with Crippen molar-refractivity contribution in [2.24, 2.45) is 0 Å². The van der Waals surface area contributed by atoms with Gasteiger partial charge >= 0.3 is 0 Å². The highest BCUT2D eigenvalue weighted by atomic mass is 16.5. The molecule has 0 aliphatic carbocycles. The van der Waals surface area contributed by atoms with Gasteiger partial charge in [-0.25, -0.2) is 0 Å². The first kappa shape index (κ1) is 15.0. The Morgan fingerprint density at radius 1 is 0.810 bits per heavy atom. The lowest BCUT2D eigenvalue weighted by Gasteiger charge is -2.13. The number of hydrogen-bond donors (Lipinski definition) is 0. The molecular weight excluding hydrogens is 264 g/mol. The first-order valence-corrected chi connectivity index (χ1v) is 6.79. The van der Waals surface area contributed by atoms with E-state index < -0.39 is 0 Å². The summed E-state index contributed by atoms with van der Waals surface area (Å²) in [5, 5.41) is 0. The molecule has 110 valence electrons. The molecule has 0 unspecified atom stereocenters. The van der Waals surface area contributed by atoms with E-state index >= 15 is 0 Å². The van der Waals surface area contributed by atoms with Crippen LogP contribution in [0.4, 0.5) is 0 Å². The third-order valence-corrected chi connectivity index (χ3v) is 3.23. The average molecular weight is 284 g/mol. The fourth-order valence-corrected chi connectivity index (χ4v) is 2.14. The van der Waals surface area contributed by atoms with Gasteiger partial charge in [0, 0.05) is 11.6 Å². The van der Waals surface area contributed by atoms with Crippen molar-refractivity contribution in [3.8, 4) is 17.2 Å². The van der Waals surface area contributed by atoms with Gasteiger partial charge in [0.25, 0.3) is 0 Å². The zero-order chi connectivity index (χ0) is 15.1. The van der Waals surface area contributed by atoms with Crippen LogP contribution in [0, 0.1) is 0 Å². The molecule has 0 radical (unpaired) electrons. The van der Waals surface area contributed by atoms with Gasteiger partial charge in [-0.05, 0) is 18.1 Å². The van der Waals surface area contributed by atoms with E-state index in [-0.39, 0.29) is 0 Å². The first-order valence-electron chi connectivity index (χ1n) is 6.79. The van der Waals surface area contributed by atoms with Crippen LogP contribution >= 0.6 is 0 Å². The molecule has 0 amide bonds. The molecule has 0 fully saturated rings. The lowest BCUT2D eigenvalue weighted by molar-refractivity contribution is 0.348. The Hall–Kier alpha value is -2.42. The third-order valence-electron chi connectivity index (χ3n) is 3.23. The molecule has 21 heavy (non-hydrogen) atoms. The van der Waals surface area contributed by atoms with Crippen LogP contribution in [0.3, 0.4) is 0 Å². The van der Waals surface area contributed by atoms with E-state index in [4.69, 9.17) is 14.2 Å². The lowest BCUT2D eigenvalue weighted by Crippen LogP contribution is -1.96. The van der Waals surface area contributed by atoms with Crippen molar-refractivity contribution in [2.45, 2.75) is 6.42 Å². The van der Waals surface area contributed by atoms with Crippen molar-refractivity contribution in [3.63, 3.8) is 0 Å². The highest BCUT2D eigenvalue weighted by Gasteiger charge is 2.10. The molecule has 0 heterocycles. The summed E-state index contributed by atoms with van der Waals surface area (Å²) < 4.78 is 16.0. The topological polar surface area (TPSA) is 27.7 Å². The van der Waals surface area contributed by atoms with E-state index in [1.54, 1.807) is 21.3 Å². The van der Waals surface area contributed by atoms with Gasteiger partial charge < -0.3 is 14.2 Å². The zero-order valence-corrected chi connectivity index (χ0v) is 12.6.